The Morgan fingerprint density at radius 3 is 2.00 bits per heavy atom. The Kier molecular flexibility index (Phi) is 4.77. The Morgan fingerprint density at radius 2 is 1.29 bits per heavy atom. The van der Waals surface area contributed by atoms with Crippen LogP contribution in [0.5, 0.6) is 23.0 Å². The summed E-state index contributed by atoms with van der Waals surface area (Å²) >= 11 is 0. The number of ether oxygens (including phenoxy) is 3. The number of esters is 1. The molecule has 3 aromatic rings. The first kappa shape index (κ1) is 15.6. The number of methoxy groups -OCH3 is 1. The van der Waals surface area contributed by atoms with Crippen molar-refractivity contribution in [3.05, 3.63) is 84.4 Å². The summed E-state index contributed by atoms with van der Waals surface area (Å²) in [5, 5.41) is 0. The zero-order chi connectivity index (χ0) is 16.8. The van der Waals surface area contributed by atoms with Gasteiger partial charge in [-0.2, -0.15) is 0 Å². The third-order valence-electron chi connectivity index (χ3n) is 3.34. The van der Waals surface area contributed by atoms with Crippen LogP contribution in [0.25, 0.3) is 0 Å². The number of hydrogen-bond donors (Lipinski definition) is 0. The Hall–Kier alpha value is -3.27. The van der Waals surface area contributed by atoms with Crippen molar-refractivity contribution < 1.29 is 19.0 Å². The molecule has 4 nitrogen and oxygen atoms in total. The molecule has 0 aliphatic heterocycles. The number of carbonyl (C=O) groups is 1. The van der Waals surface area contributed by atoms with Crippen LogP contribution in [0.1, 0.15) is 10.4 Å². The van der Waals surface area contributed by atoms with Crippen molar-refractivity contribution in [3.63, 3.8) is 0 Å². The highest BCUT2D eigenvalue weighted by Gasteiger charge is 2.13. The number of rotatable bonds is 5. The zero-order valence-electron chi connectivity index (χ0n) is 13.1. The molecule has 0 spiro atoms. The van der Waals surface area contributed by atoms with E-state index in [1.165, 1.54) is 7.11 Å². The topological polar surface area (TPSA) is 44.8 Å². The van der Waals surface area contributed by atoms with Gasteiger partial charge in [-0.3, -0.25) is 0 Å². The smallest absolute Gasteiger partial charge is 0.347 e. The highest BCUT2D eigenvalue weighted by molar-refractivity contribution is 5.93. The maximum atomic E-state index is 12.2. The summed E-state index contributed by atoms with van der Waals surface area (Å²) in [5.74, 6) is 1.86. The number of benzene rings is 3. The minimum Gasteiger partial charge on any atom is -0.496 e. The summed E-state index contributed by atoms with van der Waals surface area (Å²) in [6.45, 7) is 0. The molecule has 0 saturated heterocycles. The molecule has 0 aliphatic rings. The minimum absolute atomic E-state index is 0.379. The first-order chi connectivity index (χ1) is 11.8. The van der Waals surface area contributed by atoms with Crippen LogP contribution in [0.15, 0.2) is 78.9 Å². The Labute approximate surface area is 140 Å². The molecule has 0 amide bonds. The average Bonchev–Trinajstić information content (AvgIpc) is 2.64. The molecule has 4 heteroatoms. The molecule has 0 heterocycles. The van der Waals surface area contributed by atoms with Crippen LogP contribution in [0.2, 0.25) is 0 Å². The average molecular weight is 320 g/mol. The zero-order valence-corrected chi connectivity index (χ0v) is 13.1. The van der Waals surface area contributed by atoms with Crippen molar-refractivity contribution in [2.45, 2.75) is 0 Å². The lowest BCUT2D eigenvalue weighted by Gasteiger charge is -2.09. The number of carbonyl (C=O) groups excluding carboxylic acids is 1. The predicted octanol–water partition coefficient (Wildman–Crippen LogP) is 4.71. The third-order valence-corrected chi connectivity index (χ3v) is 3.34. The van der Waals surface area contributed by atoms with E-state index >= 15 is 0 Å². The molecular formula is C20H16O4. The monoisotopic (exact) mass is 320 g/mol. The van der Waals surface area contributed by atoms with Crippen LogP contribution in [0.3, 0.4) is 0 Å². The fourth-order valence-corrected chi connectivity index (χ4v) is 2.18. The van der Waals surface area contributed by atoms with Gasteiger partial charge in [0.25, 0.3) is 0 Å². The molecular weight excluding hydrogens is 304 g/mol. The maximum Gasteiger partial charge on any atom is 0.347 e. The second kappa shape index (κ2) is 7.33. The number of hydrogen-bond acceptors (Lipinski definition) is 4. The molecule has 120 valence electrons. The van der Waals surface area contributed by atoms with Gasteiger partial charge >= 0.3 is 5.97 Å². The molecule has 0 atom stereocenters. The molecule has 0 radical (unpaired) electrons. The molecule has 0 saturated carbocycles. The second-order valence-electron chi connectivity index (χ2n) is 4.98. The first-order valence-corrected chi connectivity index (χ1v) is 7.44. The molecule has 0 fully saturated rings. The summed E-state index contributed by atoms with van der Waals surface area (Å²) < 4.78 is 16.2. The van der Waals surface area contributed by atoms with E-state index in [4.69, 9.17) is 14.2 Å². The van der Waals surface area contributed by atoms with Crippen molar-refractivity contribution in [2.24, 2.45) is 0 Å². The highest BCUT2D eigenvalue weighted by Crippen LogP contribution is 2.25. The van der Waals surface area contributed by atoms with Crippen LogP contribution in [0.4, 0.5) is 0 Å². The number of para-hydroxylation sites is 2. The van der Waals surface area contributed by atoms with Gasteiger partial charge in [0.2, 0.25) is 0 Å². The predicted molar refractivity (Wildman–Crippen MR) is 90.9 cm³/mol. The first-order valence-electron chi connectivity index (χ1n) is 7.44. The molecule has 24 heavy (non-hydrogen) atoms. The fraction of sp³-hybridized carbons (Fsp3) is 0.0500. The van der Waals surface area contributed by atoms with Crippen LogP contribution in [-0.4, -0.2) is 13.1 Å². The second-order valence-corrected chi connectivity index (χ2v) is 4.98. The quantitative estimate of drug-likeness (QED) is 0.504. The lowest BCUT2D eigenvalue weighted by Crippen LogP contribution is -2.09. The summed E-state index contributed by atoms with van der Waals surface area (Å²) in [4.78, 5) is 12.2. The Morgan fingerprint density at radius 1 is 0.708 bits per heavy atom. The van der Waals surface area contributed by atoms with Gasteiger partial charge in [0, 0.05) is 0 Å². The standard InChI is InChI=1S/C20H16O4/c1-22-19-10-6-5-9-18(19)20(21)24-17-13-11-16(12-14-17)23-15-7-3-2-4-8-15/h2-14H,1H3. The lowest BCUT2D eigenvalue weighted by atomic mass is 10.2. The summed E-state index contributed by atoms with van der Waals surface area (Å²) in [7, 11) is 1.52. The molecule has 0 aromatic heterocycles. The van der Waals surface area contributed by atoms with Gasteiger partial charge in [0.1, 0.15) is 28.6 Å². The van der Waals surface area contributed by atoms with Crippen LogP contribution >= 0.6 is 0 Å². The van der Waals surface area contributed by atoms with Crippen molar-refractivity contribution in [1.82, 2.24) is 0 Å². The lowest BCUT2D eigenvalue weighted by molar-refractivity contribution is 0.0731. The van der Waals surface area contributed by atoms with Gasteiger partial charge in [0.05, 0.1) is 7.11 Å². The molecule has 3 rings (SSSR count). The van der Waals surface area contributed by atoms with Gasteiger partial charge in [-0.05, 0) is 48.5 Å². The maximum absolute atomic E-state index is 12.2. The van der Waals surface area contributed by atoms with Gasteiger partial charge in [-0.1, -0.05) is 30.3 Å². The summed E-state index contributed by atoms with van der Waals surface area (Å²) in [6.07, 6.45) is 0. The largest absolute Gasteiger partial charge is 0.496 e. The van der Waals surface area contributed by atoms with Crippen molar-refractivity contribution in [3.8, 4) is 23.0 Å². The SMILES string of the molecule is COc1ccccc1C(=O)Oc1ccc(Oc2ccccc2)cc1. The van der Waals surface area contributed by atoms with Gasteiger partial charge < -0.3 is 14.2 Å². The summed E-state index contributed by atoms with van der Waals surface area (Å²) in [6, 6.07) is 23.3. The van der Waals surface area contributed by atoms with Gasteiger partial charge in [0.15, 0.2) is 0 Å². The molecule has 0 unspecified atom stereocenters. The normalized spacial score (nSPS) is 10.0. The Bertz CT molecular complexity index is 811. The highest BCUT2D eigenvalue weighted by atomic mass is 16.5. The van der Waals surface area contributed by atoms with Crippen molar-refractivity contribution >= 4 is 5.97 Å². The fourth-order valence-electron chi connectivity index (χ4n) is 2.18. The van der Waals surface area contributed by atoms with Gasteiger partial charge in [-0.25, -0.2) is 4.79 Å². The molecule has 0 bridgehead atoms. The van der Waals surface area contributed by atoms with Crippen LogP contribution < -0.4 is 14.2 Å². The van der Waals surface area contributed by atoms with E-state index in [1.807, 2.05) is 30.3 Å². The van der Waals surface area contributed by atoms with Crippen molar-refractivity contribution in [1.29, 1.82) is 0 Å². The van der Waals surface area contributed by atoms with Crippen LogP contribution in [0, 0.1) is 0 Å². The van der Waals surface area contributed by atoms with E-state index in [9.17, 15) is 4.79 Å². The molecule has 3 aromatic carbocycles. The van der Waals surface area contributed by atoms with Crippen LogP contribution in [-0.2, 0) is 0 Å². The summed E-state index contributed by atoms with van der Waals surface area (Å²) in [5.41, 5.74) is 0.379. The molecule has 0 N–H and O–H groups in total. The van der Waals surface area contributed by atoms with Crippen molar-refractivity contribution in [2.75, 3.05) is 7.11 Å². The third kappa shape index (κ3) is 3.73. The molecule has 0 aliphatic carbocycles. The Balaban J connectivity index is 1.69. The van der Waals surface area contributed by atoms with E-state index in [0.717, 1.165) is 5.75 Å². The van der Waals surface area contributed by atoms with Gasteiger partial charge in [-0.15, -0.1) is 0 Å². The minimum atomic E-state index is -0.468. The van der Waals surface area contributed by atoms with E-state index in [-0.39, 0.29) is 0 Å². The van der Waals surface area contributed by atoms with E-state index < -0.39 is 5.97 Å². The van der Waals surface area contributed by atoms with E-state index in [0.29, 0.717) is 22.8 Å². The van der Waals surface area contributed by atoms with E-state index in [1.54, 1.807) is 48.5 Å². The van der Waals surface area contributed by atoms with E-state index in [2.05, 4.69) is 0 Å².